The van der Waals surface area contributed by atoms with E-state index in [-0.39, 0.29) is 5.41 Å². The summed E-state index contributed by atoms with van der Waals surface area (Å²) in [7, 11) is 0. The number of rotatable bonds is 3. The van der Waals surface area contributed by atoms with Crippen LogP contribution in [-0.4, -0.2) is 0 Å². The van der Waals surface area contributed by atoms with Gasteiger partial charge in [-0.1, -0.05) is 73.7 Å². The highest BCUT2D eigenvalue weighted by Crippen LogP contribution is 2.36. The molecule has 2 rings (SSSR count). The summed E-state index contributed by atoms with van der Waals surface area (Å²) in [5, 5.41) is 0. The lowest BCUT2D eigenvalue weighted by Gasteiger charge is -2.30. The summed E-state index contributed by atoms with van der Waals surface area (Å²) >= 11 is 0. The molecule has 0 nitrogen and oxygen atoms in total. The third kappa shape index (κ3) is 2.53. The Morgan fingerprint density at radius 1 is 1.22 bits per heavy atom. The number of hydrogen-bond donors (Lipinski definition) is 0. The maximum atomic E-state index is 3.93. The van der Waals surface area contributed by atoms with Crippen LogP contribution in [0.2, 0.25) is 0 Å². The first kappa shape index (κ1) is 12.6. The third-order valence-electron chi connectivity index (χ3n) is 3.67. The Labute approximate surface area is 110 Å². The molecule has 0 bridgehead atoms. The summed E-state index contributed by atoms with van der Waals surface area (Å²) in [5.41, 5.74) is 2.62. The number of benzene rings is 1. The smallest absolute Gasteiger partial charge is 0.0136 e. The summed E-state index contributed by atoms with van der Waals surface area (Å²) in [5.74, 6) is 0.364. The van der Waals surface area contributed by atoms with Gasteiger partial charge in [0.2, 0.25) is 0 Å². The van der Waals surface area contributed by atoms with Gasteiger partial charge in [-0.05, 0) is 18.1 Å². The van der Waals surface area contributed by atoms with E-state index < -0.39 is 0 Å². The predicted molar refractivity (Wildman–Crippen MR) is 80.3 cm³/mol. The Morgan fingerprint density at radius 2 is 2.00 bits per heavy atom. The van der Waals surface area contributed by atoms with Gasteiger partial charge in [-0.15, -0.1) is 6.58 Å². The van der Waals surface area contributed by atoms with Crippen molar-refractivity contribution in [3.8, 4) is 0 Å². The summed E-state index contributed by atoms with van der Waals surface area (Å²) < 4.78 is 0. The first-order valence-electron chi connectivity index (χ1n) is 6.39. The monoisotopic (exact) mass is 236 g/mol. The molecule has 2 atom stereocenters. The molecule has 2 unspecified atom stereocenters. The fourth-order valence-electron chi connectivity index (χ4n) is 2.31. The quantitative estimate of drug-likeness (QED) is 0.652. The Hall–Kier alpha value is -1.82. The van der Waals surface area contributed by atoms with E-state index in [9.17, 15) is 0 Å². The third-order valence-corrected chi connectivity index (χ3v) is 3.67. The highest BCUT2D eigenvalue weighted by Gasteiger charge is 2.26. The van der Waals surface area contributed by atoms with Gasteiger partial charge in [0.1, 0.15) is 0 Å². The van der Waals surface area contributed by atoms with Crippen LogP contribution in [0, 0.1) is 18.3 Å². The lowest BCUT2D eigenvalue weighted by Crippen LogP contribution is -2.21. The van der Waals surface area contributed by atoms with Crippen molar-refractivity contribution in [2.75, 3.05) is 0 Å². The van der Waals surface area contributed by atoms with Crippen LogP contribution in [0.4, 0.5) is 0 Å². The summed E-state index contributed by atoms with van der Waals surface area (Å²) in [4.78, 5) is 0. The van der Waals surface area contributed by atoms with Gasteiger partial charge in [0, 0.05) is 11.3 Å². The maximum absolute atomic E-state index is 3.93. The molecule has 1 aliphatic rings. The van der Waals surface area contributed by atoms with Crippen LogP contribution in [0.25, 0.3) is 6.08 Å². The first-order valence-corrected chi connectivity index (χ1v) is 6.39. The van der Waals surface area contributed by atoms with Gasteiger partial charge in [0.25, 0.3) is 0 Å². The van der Waals surface area contributed by atoms with Gasteiger partial charge in [0.15, 0.2) is 0 Å². The molecule has 92 valence electrons. The van der Waals surface area contributed by atoms with Gasteiger partial charge in [-0.25, -0.2) is 0 Å². The van der Waals surface area contributed by atoms with Gasteiger partial charge >= 0.3 is 0 Å². The van der Waals surface area contributed by atoms with Crippen LogP contribution in [0.3, 0.4) is 0 Å². The van der Waals surface area contributed by atoms with Crippen molar-refractivity contribution in [1.29, 1.82) is 0 Å². The molecule has 0 heterocycles. The van der Waals surface area contributed by atoms with Crippen molar-refractivity contribution in [2.45, 2.75) is 13.8 Å². The van der Waals surface area contributed by atoms with Crippen LogP contribution < -0.4 is 0 Å². The zero-order chi connectivity index (χ0) is 13.0. The van der Waals surface area contributed by atoms with Crippen molar-refractivity contribution < 1.29 is 0 Å². The molecule has 0 amide bonds. The van der Waals surface area contributed by atoms with E-state index in [0.717, 1.165) is 0 Å². The van der Waals surface area contributed by atoms with Crippen LogP contribution in [0.15, 0.2) is 67.3 Å². The molecule has 0 radical (unpaired) electrons. The molecule has 0 heteroatoms. The van der Waals surface area contributed by atoms with Crippen molar-refractivity contribution in [3.05, 3.63) is 78.4 Å². The van der Waals surface area contributed by atoms with Crippen molar-refractivity contribution in [2.24, 2.45) is 11.3 Å². The normalized spacial score (nSPS) is 26.7. The van der Waals surface area contributed by atoms with Gasteiger partial charge < -0.3 is 0 Å². The topological polar surface area (TPSA) is 0 Å². The second-order valence-corrected chi connectivity index (χ2v) is 5.06. The Kier molecular flexibility index (Phi) is 3.66. The summed E-state index contributed by atoms with van der Waals surface area (Å²) in [6, 6.07) is 8.45. The maximum Gasteiger partial charge on any atom is 0.0136 e. The fourth-order valence-corrected chi connectivity index (χ4v) is 2.31. The molecule has 0 saturated carbocycles. The van der Waals surface area contributed by atoms with Gasteiger partial charge in [-0.3, -0.25) is 0 Å². The van der Waals surface area contributed by atoms with Gasteiger partial charge in [0.05, 0.1) is 0 Å². The van der Waals surface area contributed by atoms with E-state index >= 15 is 0 Å². The second-order valence-electron chi connectivity index (χ2n) is 5.06. The molecule has 1 aromatic rings. The zero-order valence-electron chi connectivity index (χ0n) is 11.1. The SMILES string of the molecule is C=CC1C=CC=CC1(C)C=Cc1ccccc1C. The summed E-state index contributed by atoms with van der Waals surface area (Å²) in [6.07, 6.45) is 15.2. The minimum absolute atomic E-state index is 0.0266. The van der Waals surface area contributed by atoms with Crippen LogP contribution in [0.1, 0.15) is 18.1 Å². The molecular formula is C18H20. The minimum atomic E-state index is 0.0266. The first-order chi connectivity index (χ1) is 8.65. The zero-order valence-corrected chi connectivity index (χ0v) is 11.1. The fraction of sp³-hybridized carbons (Fsp3) is 0.222. The van der Waals surface area contributed by atoms with E-state index in [1.165, 1.54) is 11.1 Å². The lowest BCUT2D eigenvalue weighted by atomic mass is 9.74. The largest absolute Gasteiger partial charge is 0.102 e. The van der Waals surface area contributed by atoms with Crippen molar-refractivity contribution >= 4 is 6.08 Å². The standard InChI is InChI=1S/C18H20/c1-4-17-11-7-8-13-18(17,3)14-12-16-10-6-5-9-15(16)2/h4-14,17H,1H2,2-3H3. The van der Waals surface area contributed by atoms with Crippen molar-refractivity contribution in [1.82, 2.24) is 0 Å². The van der Waals surface area contributed by atoms with E-state index in [1.807, 2.05) is 6.08 Å². The summed E-state index contributed by atoms with van der Waals surface area (Å²) in [6.45, 7) is 8.32. The van der Waals surface area contributed by atoms with E-state index in [0.29, 0.717) is 5.92 Å². The Bertz CT molecular complexity index is 517. The second kappa shape index (κ2) is 5.22. The van der Waals surface area contributed by atoms with E-state index in [4.69, 9.17) is 0 Å². The molecule has 1 aliphatic carbocycles. The molecule has 0 fully saturated rings. The molecule has 0 spiro atoms. The average molecular weight is 236 g/mol. The number of hydrogen-bond acceptors (Lipinski definition) is 0. The van der Waals surface area contributed by atoms with Crippen LogP contribution >= 0.6 is 0 Å². The Morgan fingerprint density at radius 3 is 2.72 bits per heavy atom. The van der Waals surface area contributed by atoms with Crippen LogP contribution in [-0.2, 0) is 0 Å². The predicted octanol–water partition coefficient (Wildman–Crippen LogP) is 4.94. The van der Waals surface area contributed by atoms with E-state index in [2.05, 4.69) is 81.1 Å². The van der Waals surface area contributed by atoms with Crippen LogP contribution in [0.5, 0.6) is 0 Å². The van der Waals surface area contributed by atoms with Crippen molar-refractivity contribution in [3.63, 3.8) is 0 Å². The minimum Gasteiger partial charge on any atom is -0.102 e. The Balaban J connectivity index is 2.27. The highest BCUT2D eigenvalue weighted by atomic mass is 14.3. The molecule has 0 aromatic heterocycles. The lowest BCUT2D eigenvalue weighted by molar-refractivity contribution is 0.460. The molecule has 0 aliphatic heterocycles. The average Bonchev–Trinajstić information content (AvgIpc) is 2.38. The number of aryl methyl sites for hydroxylation is 1. The molecule has 0 saturated heterocycles. The van der Waals surface area contributed by atoms with Gasteiger partial charge in [-0.2, -0.15) is 0 Å². The molecular weight excluding hydrogens is 216 g/mol. The number of allylic oxidation sites excluding steroid dienone is 6. The van der Waals surface area contributed by atoms with E-state index in [1.54, 1.807) is 0 Å². The molecule has 18 heavy (non-hydrogen) atoms. The molecule has 0 N–H and O–H groups in total. The highest BCUT2D eigenvalue weighted by molar-refractivity contribution is 5.55. The molecule has 1 aromatic carbocycles.